The molecule has 1 aromatic heterocycles. The number of piperidine rings is 1. The molecule has 7 nitrogen and oxygen atoms in total. The predicted octanol–water partition coefficient (Wildman–Crippen LogP) is 2.62. The zero-order chi connectivity index (χ0) is 21.8. The highest BCUT2D eigenvalue weighted by atomic mass is 16.3. The second kappa shape index (κ2) is 9.14. The summed E-state index contributed by atoms with van der Waals surface area (Å²) in [7, 11) is 0. The highest BCUT2D eigenvalue weighted by Crippen LogP contribution is 2.18. The second-order valence-corrected chi connectivity index (χ2v) is 7.94. The standard InChI is InChI=1S/C24H26N4O3/c1-17-7-9-20(10-8-17)28-23(30)21(22(29)26-24(28)31)15-25-19-11-13-27(14-12-19)16-18-5-3-2-4-6-18/h2-10,15,19,30H,11-14,16H2,1H3,(H,26,29,31). The van der Waals surface area contributed by atoms with E-state index < -0.39 is 17.1 Å². The van der Waals surface area contributed by atoms with Gasteiger partial charge in [-0.2, -0.15) is 0 Å². The van der Waals surface area contributed by atoms with Gasteiger partial charge in [0.25, 0.3) is 5.56 Å². The van der Waals surface area contributed by atoms with Gasteiger partial charge in [-0.05, 0) is 37.5 Å². The Bertz CT molecular complexity index is 1170. The molecule has 0 amide bonds. The number of nitrogens with one attached hydrogen (secondary N) is 1. The molecule has 4 rings (SSSR count). The summed E-state index contributed by atoms with van der Waals surface area (Å²) in [5.74, 6) is -0.400. The Morgan fingerprint density at radius 3 is 2.42 bits per heavy atom. The van der Waals surface area contributed by atoms with Gasteiger partial charge in [0.2, 0.25) is 5.88 Å². The molecule has 0 spiro atoms. The van der Waals surface area contributed by atoms with Crippen LogP contribution >= 0.6 is 0 Å². The van der Waals surface area contributed by atoms with Gasteiger partial charge in [0.05, 0.1) is 11.7 Å². The van der Waals surface area contributed by atoms with Crippen LogP contribution in [0.5, 0.6) is 5.88 Å². The molecule has 1 fully saturated rings. The van der Waals surface area contributed by atoms with Crippen LogP contribution < -0.4 is 11.2 Å². The average molecular weight is 418 g/mol. The lowest BCUT2D eigenvalue weighted by Gasteiger charge is -2.30. The molecule has 0 aliphatic carbocycles. The van der Waals surface area contributed by atoms with Crippen molar-refractivity contribution in [2.45, 2.75) is 32.4 Å². The van der Waals surface area contributed by atoms with Crippen molar-refractivity contribution in [1.29, 1.82) is 0 Å². The number of aliphatic imine (C=N–C) groups is 1. The van der Waals surface area contributed by atoms with E-state index in [0.717, 1.165) is 42.6 Å². The van der Waals surface area contributed by atoms with E-state index in [-0.39, 0.29) is 11.6 Å². The molecule has 160 valence electrons. The van der Waals surface area contributed by atoms with Crippen molar-refractivity contribution >= 4 is 6.21 Å². The molecule has 7 heteroatoms. The van der Waals surface area contributed by atoms with Gasteiger partial charge in [0.1, 0.15) is 5.56 Å². The first-order valence-electron chi connectivity index (χ1n) is 10.5. The highest BCUT2D eigenvalue weighted by Gasteiger charge is 2.19. The Labute approximate surface area is 180 Å². The molecule has 1 aliphatic rings. The smallest absolute Gasteiger partial charge is 0.335 e. The van der Waals surface area contributed by atoms with E-state index in [0.29, 0.717) is 5.69 Å². The third kappa shape index (κ3) is 4.83. The number of aryl methyl sites for hydroxylation is 1. The molecule has 1 aliphatic heterocycles. The number of hydrogen-bond donors (Lipinski definition) is 2. The lowest BCUT2D eigenvalue weighted by atomic mass is 10.0. The Morgan fingerprint density at radius 1 is 1.06 bits per heavy atom. The average Bonchev–Trinajstić information content (AvgIpc) is 2.76. The van der Waals surface area contributed by atoms with Crippen LogP contribution in [-0.2, 0) is 6.54 Å². The summed E-state index contributed by atoms with van der Waals surface area (Å²) < 4.78 is 1.09. The van der Waals surface area contributed by atoms with Gasteiger partial charge in [0.15, 0.2) is 0 Å². The molecule has 0 saturated carbocycles. The lowest BCUT2D eigenvalue weighted by Crippen LogP contribution is -2.35. The third-order valence-corrected chi connectivity index (χ3v) is 5.63. The summed E-state index contributed by atoms with van der Waals surface area (Å²) in [6.07, 6.45) is 3.15. The van der Waals surface area contributed by atoms with Crippen molar-refractivity contribution in [3.8, 4) is 11.6 Å². The van der Waals surface area contributed by atoms with Gasteiger partial charge in [-0.3, -0.25) is 19.7 Å². The van der Waals surface area contributed by atoms with Crippen LogP contribution in [0, 0.1) is 6.92 Å². The van der Waals surface area contributed by atoms with Crippen LogP contribution in [-0.4, -0.2) is 44.9 Å². The molecule has 1 saturated heterocycles. The topological polar surface area (TPSA) is 90.7 Å². The molecular weight excluding hydrogens is 392 g/mol. The minimum atomic E-state index is -0.683. The summed E-state index contributed by atoms with van der Waals surface area (Å²) in [6.45, 7) is 4.69. The monoisotopic (exact) mass is 418 g/mol. The van der Waals surface area contributed by atoms with E-state index in [2.05, 4.69) is 27.0 Å². The molecule has 2 aromatic carbocycles. The maximum atomic E-state index is 12.3. The first-order valence-corrected chi connectivity index (χ1v) is 10.5. The Balaban J connectivity index is 1.48. The fourth-order valence-corrected chi connectivity index (χ4v) is 3.84. The minimum Gasteiger partial charge on any atom is -0.493 e. The quantitative estimate of drug-likeness (QED) is 0.623. The van der Waals surface area contributed by atoms with Crippen LogP contribution in [0.1, 0.15) is 29.5 Å². The van der Waals surface area contributed by atoms with Crippen molar-refractivity contribution in [1.82, 2.24) is 14.5 Å². The molecule has 2 heterocycles. The number of nitrogens with zero attached hydrogens (tertiary/aromatic N) is 3. The number of aromatic nitrogens is 2. The Kier molecular flexibility index (Phi) is 6.13. The summed E-state index contributed by atoms with van der Waals surface area (Å²) in [5.41, 5.74) is 1.47. The molecule has 2 N–H and O–H groups in total. The first-order chi connectivity index (χ1) is 15.0. The maximum Gasteiger partial charge on any atom is 0.335 e. The summed E-state index contributed by atoms with van der Waals surface area (Å²) in [6, 6.07) is 17.6. The lowest BCUT2D eigenvalue weighted by molar-refractivity contribution is 0.206. The zero-order valence-corrected chi connectivity index (χ0v) is 17.5. The van der Waals surface area contributed by atoms with Gasteiger partial charge in [0, 0.05) is 25.8 Å². The van der Waals surface area contributed by atoms with Crippen LogP contribution in [0.4, 0.5) is 0 Å². The first kappa shape index (κ1) is 20.8. The molecule has 31 heavy (non-hydrogen) atoms. The van der Waals surface area contributed by atoms with E-state index >= 15 is 0 Å². The van der Waals surface area contributed by atoms with Gasteiger partial charge >= 0.3 is 5.69 Å². The van der Waals surface area contributed by atoms with Crippen LogP contribution in [0.15, 0.2) is 69.2 Å². The molecule has 0 unspecified atom stereocenters. The molecular formula is C24H26N4O3. The van der Waals surface area contributed by atoms with Crippen LogP contribution in [0.2, 0.25) is 0 Å². The predicted molar refractivity (Wildman–Crippen MR) is 121 cm³/mol. The molecule has 0 radical (unpaired) electrons. The SMILES string of the molecule is Cc1ccc(-n2c(O)c(C=NC3CCN(Cc4ccccc4)CC3)c(=O)[nH]c2=O)cc1. The summed E-state index contributed by atoms with van der Waals surface area (Å²) in [4.78, 5) is 33.8. The maximum absolute atomic E-state index is 12.3. The van der Waals surface area contributed by atoms with Gasteiger partial charge in [-0.25, -0.2) is 9.36 Å². The van der Waals surface area contributed by atoms with E-state index in [1.807, 2.05) is 37.3 Å². The minimum absolute atomic E-state index is 0.00751. The fraction of sp³-hybridized carbons (Fsp3) is 0.292. The number of hydrogen-bond acceptors (Lipinski definition) is 5. The van der Waals surface area contributed by atoms with Crippen molar-refractivity contribution in [3.05, 3.63) is 92.1 Å². The Hall–Kier alpha value is -3.45. The summed E-state index contributed by atoms with van der Waals surface area (Å²) in [5, 5.41) is 10.7. The van der Waals surface area contributed by atoms with E-state index in [4.69, 9.17) is 0 Å². The third-order valence-electron chi connectivity index (χ3n) is 5.63. The molecule has 0 atom stereocenters. The number of aromatic hydroxyl groups is 1. The van der Waals surface area contributed by atoms with Crippen LogP contribution in [0.25, 0.3) is 5.69 Å². The Morgan fingerprint density at radius 2 is 1.74 bits per heavy atom. The summed E-state index contributed by atoms with van der Waals surface area (Å²) >= 11 is 0. The second-order valence-electron chi connectivity index (χ2n) is 7.94. The van der Waals surface area contributed by atoms with E-state index in [9.17, 15) is 14.7 Å². The number of benzene rings is 2. The van der Waals surface area contributed by atoms with Crippen molar-refractivity contribution in [2.24, 2.45) is 4.99 Å². The number of likely N-dealkylation sites (tertiary alicyclic amines) is 1. The number of rotatable bonds is 5. The van der Waals surface area contributed by atoms with E-state index in [1.165, 1.54) is 11.8 Å². The zero-order valence-electron chi connectivity index (χ0n) is 17.5. The molecule has 0 bridgehead atoms. The number of H-pyrrole nitrogens is 1. The van der Waals surface area contributed by atoms with Crippen molar-refractivity contribution in [3.63, 3.8) is 0 Å². The number of aromatic amines is 1. The molecule has 3 aromatic rings. The van der Waals surface area contributed by atoms with Crippen molar-refractivity contribution in [2.75, 3.05) is 13.1 Å². The fourth-order valence-electron chi connectivity index (χ4n) is 3.84. The van der Waals surface area contributed by atoms with Gasteiger partial charge in [-0.1, -0.05) is 48.0 Å². The highest BCUT2D eigenvalue weighted by molar-refractivity contribution is 5.82. The normalized spacial score (nSPS) is 15.5. The van der Waals surface area contributed by atoms with Crippen molar-refractivity contribution < 1.29 is 5.11 Å². The largest absolute Gasteiger partial charge is 0.493 e. The van der Waals surface area contributed by atoms with E-state index in [1.54, 1.807) is 12.1 Å². The van der Waals surface area contributed by atoms with Gasteiger partial charge in [-0.15, -0.1) is 0 Å². The van der Waals surface area contributed by atoms with Gasteiger partial charge < -0.3 is 5.11 Å². The van der Waals surface area contributed by atoms with Crippen LogP contribution in [0.3, 0.4) is 0 Å².